The third-order valence-corrected chi connectivity index (χ3v) is 6.63. The smallest absolute Gasteiger partial charge is 0.234 e. The number of fused-ring (bicyclic) bond motifs is 2. The first-order chi connectivity index (χ1) is 13.1. The van der Waals surface area contributed by atoms with Crippen LogP contribution >= 0.6 is 11.3 Å². The number of benzene rings is 2. The van der Waals surface area contributed by atoms with Crippen LogP contribution < -0.4 is 5.32 Å². The van der Waals surface area contributed by atoms with Gasteiger partial charge in [-0.2, -0.15) is 0 Å². The fourth-order valence-electron chi connectivity index (χ4n) is 3.76. The molecule has 0 aliphatic heterocycles. The molecule has 2 atom stereocenters. The highest BCUT2D eigenvalue weighted by molar-refractivity contribution is 7.18. The van der Waals surface area contributed by atoms with Crippen LogP contribution in [0, 0.1) is 0 Å². The van der Waals surface area contributed by atoms with Crippen LogP contribution in [0.5, 0.6) is 0 Å². The van der Waals surface area contributed by atoms with Gasteiger partial charge < -0.3 is 5.32 Å². The Morgan fingerprint density at radius 1 is 1.26 bits per heavy atom. The monoisotopic (exact) mass is 379 g/mol. The molecule has 140 valence electrons. The van der Waals surface area contributed by atoms with Crippen LogP contribution in [0.15, 0.2) is 48.5 Å². The van der Waals surface area contributed by atoms with Gasteiger partial charge in [0.1, 0.15) is 5.01 Å². The molecule has 1 aromatic heterocycles. The van der Waals surface area contributed by atoms with Crippen molar-refractivity contribution < 1.29 is 4.79 Å². The third kappa shape index (κ3) is 3.89. The first-order valence-corrected chi connectivity index (χ1v) is 10.4. The molecule has 5 heteroatoms. The second-order valence-corrected chi connectivity index (χ2v) is 8.38. The lowest BCUT2D eigenvalue weighted by molar-refractivity contribution is -0.123. The Kier molecular flexibility index (Phi) is 5.23. The van der Waals surface area contributed by atoms with Gasteiger partial charge in [0.05, 0.1) is 28.8 Å². The van der Waals surface area contributed by atoms with Crippen molar-refractivity contribution in [2.24, 2.45) is 0 Å². The summed E-state index contributed by atoms with van der Waals surface area (Å²) in [5.74, 6) is 0.0761. The number of thiazole rings is 1. The molecule has 1 aliphatic carbocycles. The average Bonchev–Trinajstić information content (AvgIpc) is 3.11. The number of para-hydroxylation sites is 1. The lowest BCUT2D eigenvalue weighted by Gasteiger charge is -2.28. The summed E-state index contributed by atoms with van der Waals surface area (Å²) in [5.41, 5.74) is 3.67. The SMILES string of the molecule is C[C@@H](c1nc2ccccc2s1)N(C)CC(=O)N[C@@H]1CCCc2ccccc21. The van der Waals surface area contributed by atoms with Crippen molar-refractivity contribution in [3.63, 3.8) is 0 Å². The number of carbonyl (C=O) groups excluding carboxylic acids is 1. The number of likely N-dealkylation sites (N-methyl/N-ethyl adjacent to an activating group) is 1. The van der Waals surface area contributed by atoms with Gasteiger partial charge in [-0.1, -0.05) is 36.4 Å². The summed E-state index contributed by atoms with van der Waals surface area (Å²) in [6.45, 7) is 2.48. The molecule has 4 rings (SSSR count). The van der Waals surface area contributed by atoms with E-state index in [1.165, 1.54) is 15.8 Å². The van der Waals surface area contributed by atoms with Crippen molar-refractivity contribution >= 4 is 27.5 Å². The van der Waals surface area contributed by atoms with E-state index in [2.05, 4.69) is 47.5 Å². The molecule has 2 aromatic carbocycles. The Morgan fingerprint density at radius 2 is 2.04 bits per heavy atom. The van der Waals surface area contributed by atoms with Gasteiger partial charge in [0.2, 0.25) is 5.91 Å². The maximum Gasteiger partial charge on any atom is 0.234 e. The molecule has 4 nitrogen and oxygen atoms in total. The van der Waals surface area contributed by atoms with Crippen LogP contribution in [0.1, 0.15) is 48.0 Å². The predicted molar refractivity (Wildman–Crippen MR) is 111 cm³/mol. The predicted octanol–water partition coefficient (Wildman–Crippen LogP) is 4.48. The Balaban J connectivity index is 1.40. The second kappa shape index (κ2) is 7.79. The van der Waals surface area contributed by atoms with E-state index in [1.54, 1.807) is 11.3 Å². The van der Waals surface area contributed by atoms with Crippen LogP contribution in [0.4, 0.5) is 0 Å². The first kappa shape index (κ1) is 18.1. The number of aryl methyl sites for hydroxylation is 1. The van der Waals surface area contributed by atoms with Crippen molar-refractivity contribution in [1.29, 1.82) is 0 Å². The van der Waals surface area contributed by atoms with Crippen molar-refractivity contribution in [2.75, 3.05) is 13.6 Å². The minimum absolute atomic E-state index is 0.0761. The van der Waals surface area contributed by atoms with Gasteiger partial charge in [-0.3, -0.25) is 9.69 Å². The fourth-order valence-corrected chi connectivity index (χ4v) is 4.85. The summed E-state index contributed by atoms with van der Waals surface area (Å²) in [4.78, 5) is 19.5. The minimum atomic E-state index is 0.0761. The highest BCUT2D eigenvalue weighted by Gasteiger charge is 2.23. The molecule has 0 spiro atoms. The van der Waals surface area contributed by atoms with Crippen LogP contribution in [0.3, 0.4) is 0 Å². The van der Waals surface area contributed by atoms with Gasteiger partial charge in [-0.25, -0.2) is 4.98 Å². The number of rotatable bonds is 5. The van der Waals surface area contributed by atoms with Crippen LogP contribution in [0.2, 0.25) is 0 Å². The molecule has 1 heterocycles. The van der Waals surface area contributed by atoms with E-state index in [4.69, 9.17) is 4.98 Å². The molecule has 0 fully saturated rings. The fraction of sp³-hybridized carbons (Fsp3) is 0.364. The lowest BCUT2D eigenvalue weighted by Crippen LogP contribution is -2.39. The van der Waals surface area contributed by atoms with Gasteiger partial charge in [0, 0.05) is 0 Å². The highest BCUT2D eigenvalue weighted by Crippen LogP contribution is 2.30. The molecule has 1 aliphatic rings. The number of amides is 1. The standard InChI is InChI=1S/C22H25N3OS/c1-15(22-24-19-11-5-6-13-20(19)27-22)25(2)14-21(26)23-18-12-7-9-16-8-3-4-10-17(16)18/h3-6,8,10-11,13,15,18H,7,9,12,14H2,1-2H3,(H,23,26)/t15-,18+/m0/s1. The topological polar surface area (TPSA) is 45.2 Å². The largest absolute Gasteiger partial charge is 0.348 e. The summed E-state index contributed by atoms with van der Waals surface area (Å²) in [5, 5.41) is 4.29. The number of hydrogen-bond acceptors (Lipinski definition) is 4. The Hall–Kier alpha value is -2.24. The first-order valence-electron chi connectivity index (χ1n) is 9.54. The van der Waals surface area contributed by atoms with E-state index in [-0.39, 0.29) is 18.0 Å². The summed E-state index contributed by atoms with van der Waals surface area (Å²) in [6, 6.07) is 16.9. The molecular formula is C22H25N3OS. The maximum atomic E-state index is 12.7. The maximum absolute atomic E-state index is 12.7. The van der Waals surface area contributed by atoms with E-state index < -0.39 is 0 Å². The summed E-state index contributed by atoms with van der Waals surface area (Å²) < 4.78 is 1.19. The van der Waals surface area contributed by atoms with Gasteiger partial charge in [-0.05, 0) is 56.5 Å². The van der Waals surface area contributed by atoms with Crippen molar-refractivity contribution in [3.8, 4) is 0 Å². The molecule has 0 bridgehead atoms. The van der Waals surface area contributed by atoms with Crippen molar-refractivity contribution in [2.45, 2.75) is 38.3 Å². The molecule has 3 aromatic rings. The quantitative estimate of drug-likeness (QED) is 0.711. The van der Waals surface area contributed by atoms with E-state index >= 15 is 0 Å². The molecule has 1 amide bonds. The molecule has 0 radical (unpaired) electrons. The number of nitrogens with zero attached hydrogens (tertiary/aromatic N) is 2. The zero-order valence-corrected chi connectivity index (χ0v) is 16.6. The van der Waals surface area contributed by atoms with Gasteiger partial charge >= 0.3 is 0 Å². The average molecular weight is 380 g/mol. The Labute approximate surface area is 164 Å². The van der Waals surface area contributed by atoms with Crippen molar-refractivity contribution in [1.82, 2.24) is 15.2 Å². The van der Waals surface area contributed by atoms with Crippen LogP contribution in [-0.4, -0.2) is 29.4 Å². The van der Waals surface area contributed by atoms with Gasteiger partial charge in [-0.15, -0.1) is 11.3 Å². The van der Waals surface area contributed by atoms with Crippen LogP contribution in [0.25, 0.3) is 10.2 Å². The van der Waals surface area contributed by atoms with E-state index in [1.807, 2.05) is 25.2 Å². The number of aromatic nitrogens is 1. The summed E-state index contributed by atoms with van der Waals surface area (Å²) in [6.07, 6.45) is 3.25. The van der Waals surface area contributed by atoms with Gasteiger partial charge in [0.25, 0.3) is 0 Å². The molecule has 0 unspecified atom stereocenters. The number of nitrogens with one attached hydrogen (secondary N) is 1. The Bertz CT molecular complexity index is 918. The highest BCUT2D eigenvalue weighted by atomic mass is 32.1. The lowest BCUT2D eigenvalue weighted by atomic mass is 9.88. The summed E-state index contributed by atoms with van der Waals surface area (Å²) in [7, 11) is 1.99. The summed E-state index contributed by atoms with van der Waals surface area (Å²) >= 11 is 1.70. The van der Waals surface area contributed by atoms with Gasteiger partial charge in [0.15, 0.2) is 0 Å². The molecule has 1 N–H and O–H groups in total. The molecule has 27 heavy (non-hydrogen) atoms. The number of hydrogen-bond donors (Lipinski definition) is 1. The molecule has 0 saturated carbocycles. The minimum Gasteiger partial charge on any atom is -0.348 e. The molecular weight excluding hydrogens is 354 g/mol. The van der Waals surface area contributed by atoms with E-state index in [0.29, 0.717) is 6.54 Å². The van der Waals surface area contributed by atoms with E-state index in [0.717, 1.165) is 29.8 Å². The zero-order chi connectivity index (χ0) is 18.8. The third-order valence-electron chi connectivity index (χ3n) is 5.43. The second-order valence-electron chi connectivity index (χ2n) is 7.32. The Morgan fingerprint density at radius 3 is 2.89 bits per heavy atom. The van der Waals surface area contributed by atoms with E-state index in [9.17, 15) is 4.79 Å². The molecule has 0 saturated heterocycles. The number of carbonyl (C=O) groups is 1. The normalized spacial score (nSPS) is 17.7. The zero-order valence-electron chi connectivity index (χ0n) is 15.8. The van der Waals surface area contributed by atoms with Crippen LogP contribution in [-0.2, 0) is 11.2 Å². The van der Waals surface area contributed by atoms with Crippen molar-refractivity contribution in [3.05, 3.63) is 64.7 Å².